The Labute approximate surface area is 146 Å². The first-order chi connectivity index (χ1) is 12.2. The number of aromatic nitrogens is 2. The van der Waals surface area contributed by atoms with E-state index in [0.29, 0.717) is 32.7 Å². The Hall–Kier alpha value is -2.51. The van der Waals surface area contributed by atoms with Gasteiger partial charge in [0.05, 0.1) is 25.5 Å². The predicted molar refractivity (Wildman–Crippen MR) is 94.2 cm³/mol. The Bertz CT molecular complexity index is 754. The van der Waals surface area contributed by atoms with Crippen LogP contribution < -0.4 is 16.2 Å². The molecule has 25 heavy (non-hydrogen) atoms. The fourth-order valence-electron chi connectivity index (χ4n) is 2.72. The summed E-state index contributed by atoms with van der Waals surface area (Å²) in [5.41, 5.74) is 1.50. The topological polar surface area (TPSA) is 85.2 Å². The van der Waals surface area contributed by atoms with Gasteiger partial charge >= 0.3 is 0 Å². The van der Waals surface area contributed by atoms with E-state index in [9.17, 15) is 9.59 Å². The van der Waals surface area contributed by atoms with Gasteiger partial charge in [0.2, 0.25) is 5.91 Å². The number of benzene rings is 1. The second-order valence-corrected chi connectivity index (χ2v) is 5.93. The number of carbonyl (C=O) groups is 1. The van der Waals surface area contributed by atoms with E-state index in [1.165, 1.54) is 10.7 Å². The second-order valence-electron chi connectivity index (χ2n) is 5.93. The molecule has 1 saturated heterocycles. The molecule has 7 heteroatoms. The number of hydrogen-bond donors (Lipinski definition) is 2. The smallest absolute Gasteiger partial charge is 0.266 e. The van der Waals surface area contributed by atoms with Gasteiger partial charge in [0.15, 0.2) is 0 Å². The first-order valence-electron chi connectivity index (χ1n) is 8.44. The van der Waals surface area contributed by atoms with Crippen LogP contribution in [0.25, 0.3) is 11.3 Å². The third-order valence-electron chi connectivity index (χ3n) is 4.01. The van der Waals surface area contributed by atoms with Crippen molar-refractivity contribution in [1.82, 2.24) is 20.4 Å². The van der Waals surface area contributed by atoms with Gasteiger partial charge in [0, 0.05) is 37.2 Å². The van der Waals surface area contributed by atoms with Crippen LogP contribution in [-0.4, -0.2) is 48.0 Å². The lowest BCUT2D eigenvalue weighted by molar-refractivity contribution is -0.122. The Morgan fingerprint density at radius 3 is 2.88 bits per heavy atom. The molecule has 2 N–H and O–H groups in total. The van der Waals surface area contributed by atoms with Crippen molar-refractivity contribution in [2.45, 2.75) is 19.0 Å². The Morgan fingerprint density at radius 2 is 2.12 bits per heavy atom. The van der Waals surface area contributed by atoms with Gasteiger partial charge in [-0.2, -0.15) is 5.10 Å². The van der Waals surface area contributed by atoms with Crippen LogP contribution in [0.15, 0.2) is 47.3 Å². The number of morpholine rings is 1. The van der Waals surface area contributed by atoms with Gasteiger partial charge in [0.1, 0.15) is 0 Å². The average Bonchev–Trinajstić information content (AvgIpc) is 2.65. The van der Waals surface area contributed by atoms with E-state index in [4.69, 9.17) is 4.74 Å². The monoisotopic (exact) mass is 342 g/mol. The minimum atomic E-state index is -0.184. The first-order valence-corrected chi connectivity index (χ1v) is 8.44. The predicted octanol–water partition coefficient (Wildman–Crippen LogP) is 0.405. The van der Waals surface area contributed by atoms with Crippen LogP contribution in [-0.2, 0) is 16.1 Å². The van der Waals surface area contributed by atoms with E-state index in [2.05, 4.69) is 15.7 Å². The highest BCUT2D eigenvalue weighted by atomic mass is 16.5. The molecule has 1 aromatic heterocycles. The number of nitrogens with zero attached hydrogens (tertiary/aromatic N) is 2. The summed E-state index contributed by atoms with van der Waals surface area (Å²) < 4.78 is 6.71. The maximum atomic E-state index is 12.0. The summed E-state index contributed by atoms with van der Waals surface area (Å²) in [7, 11) is 0. The summed E-state index contributed by atoms with van der Waals surface area (Å²) in [5.74, 6) is -0.0599. The van der Waals surface area contributed by atoms with E-state index in [1.54, 1.807) is 6.07 Å². The second kappa shape index (κ2) is 8.55. The lowest BCUT2D eigenvalue weighted by Gasteiger charge is -2.23. The van der Waals surface area contributed by atoms with Crippen LogP contribution >= 0.6 is 0 Å². The molecule has 0 radical (unpaired) electrons. The molecule has 3 rings (SSSR count). The van der Waals surface area contributed by atoms with Crippen molar-refractivity contribution in [3.05, 3.63) is 52.8 Å². The lowest BCUT2D eigenvalue weighted by Crippen LogP contribution is -2.44. The number of amides is 1. The number of hydrogen-bond acceptors (Lipinski definition) is 5. The molecule has 0 aliphatic carbocycles. The minimum absolute atomic E-state index is 0.0519. The fourth-order valence-corrected chi connectivity index (χ4v) is 2.72. The molecule has 2 heterocycles. The molecule has 0 bridgehead atoms. The highest BCUT2D eigenvalue weighted by Crippen LogP contribution is 2.13. The molecular weight excluding hydrogens is 320 g/mol. The Balaban J connectivity index is 1.54. The van der Waals surface area contributed by atoms with Gasteiger partial charge in [-0.15, -0.1) is 0 Å². The molecule has 7 nitrogen and oxygen atoms in total. The van der Waals surface area contributed by atoms with Gasteiger partial charge in [0.25, 0.3) is 5.56 Å². The van der Waals surface area contributed by atoms with Crippen LogP contribution in [0.5, 0.6) is 0 Å². The van der Waals surface area contributed by atoms with Crippen molar-refractivity contribution in [2.24, 2.45) is 0 Å². The van der Waals surface area contributed by atoms with Crippen LogP contribution in [0.2, 0.25) is 0 Å². The van der Waals surface area contributed by atoms with Crippen molar-refractivity contribution in [2.75, 3.05) is 26.3 Å². The highest BCUT2D eigenvalue weighted by molar-refractivity contribution is 5.76. The first kappa shape index (κ1) is 17.3. The van der Waals surface area contributed by atoms with Crippen molar-refractivity contribution >= 4 is 5.91 Å². The maximum Gasteiger partial charge on any atom is 0.266 e. The van der Waals surface area contributed by atoms with Crippen molar-refractivity contribution in [3.8, 4) is 11.3 Å². The summed E-state index contributed by atoms with van der Waals surface area (Å²) in [5, 5.41) is 10.4. The van der Waals surface area contributed by atoms with E-state index in [0.717, 1.165) is 17.8 Å². The molecule has 0 saturated carbocycles. The van der Waals surface area contributed by atoms with Crippen LogP contribution in [0.1, 0.15) is 6.42 Å². The number of carbonyl (C=O) groups excluding carboxylic acids is 1. The summed E-state index contributed by atoms with van der Waals surface area (Å²) in [6, 6.07) is 12.9. The standard InChI is InChI=1S/C18H22N4O3/c23-17(12-15-13-25-11-9-19-15)20-8-10-22-18(24)7-6-16(21-22)14-4-2-1-3-5-14/h1-7,15,19H,8-13H2,(H,20,23). The number of rotatable bonds is 6. The van der Waals surface area contributed by atoms with Crippen molar-refractivity contribution in [1.29, 1.82) is 0 Å². The molecule has 132 valence electrons. The lowest BCUT2D eigenvalue weighted by atomic mass is 10.1. The fraction of sp³-hybridized carbons (Fsp3) is 0.389. The zero-order valence-electron chi connectivity index (χ0n) is 14.0. The van der Waals surface area contributed by atoms with Crippen molar-refractivity contribution < 1.29 is 9.53 Å². The zero-order valence-corrected chi connectivity index (χ0v) is 14.0. The van der Waals surface area contributed by atoms with Gasteiger partial charge < -0.3 is 15.4 Å². The van der Waals surface area contributed by atoms with Gasteiger partial charge in [-0.25, -0.2) is 4.68 Å². The number of nitrogens with one attached hydrogen (secondary N) is 2. The number of ether oxygens (including phenoxy) is 1. The highest BCUT2D eigenvalue weighted by Gasteiger charge is 2.16. The summed E-state index contributed by atoms with van der Waals surface area (Å²) in [6.07, 6.45) is 0.367. The molecule has 0 spiro atoms. The summed E-state index contributed by atoms with van der Waals surface area (Å²) >= 11 is 0. The summed E-state index contributed by atoms with van der Waals surface area (Å²) in [6.45, 7) is 2.69. The van der Waals surface area contributed by atoms with Crippen LogP contribution in [0, 0.1) is 0 Å². The van der Waals surface area contributed by atoms with Crippen LogP contribution in [0.4, 0.5) is 0 Å². The third kappa shape index (κ3) is 4.98. The van der Waals surface area contributed by atoms with E-state index >= 15 is 0 Å². The molecule has 1 aliphatic heterocycles. The zero-order chi connectivity index (χ0) is 17.5. The van der Waals surface area contributed by atoms with Crippen LogP contribution in [0.3, 0.4) is 0 Å². The molecule has 1 fully saturated rings. The molecular formula is C18H22N4O3. The van der Waals surface area contributed by atoms with Crippen molar-refractivity contribution in [3.63, 3.8) is 0 Å². The molecule has 1 aromatic carbocycles. The molecule has 1 aliphatic rings. The molecule has 1 amide bonds. The average molecular weight is 342 g/mol. The Morgan fingerprint density at radius 1 is 1.28 bits per heavy atom. The van der Waals surface area contributed by atoms with E-state index in [-0.39, 0.29) is 17.5 Å². The molecule has 1 atom stereocenters. The Kier molecular flexibility index (Phi) is 5.92. The molecule has 1 unspecified atom stereocenters. The molecule has 2 aromatic rings. The maximum absolute atomic E-state index is 12.0. The van der Waals surface area contributed by atoms with E-state index < -0.39 is 0 Å². The SMILES string of the molecule is O=C(CC1COCCN1)NCCn1nc(-c2ccccc2)ccc1=O. The minimum Gasteiger partial charge on any atom is -0.378 e. The van der Waals surface area contributed by atoms with Gasteiger partial charge in [-0.3, -0.25) is 9.59 Å². The van der Waals surface area contributed by atoms with Gasteiger partial charge in [-0.1, -0.05) is 30.3 Å². The van der Waals surface area contributed by atoms with E-state index in [1.807, 2.05) is 30.3 Å². The summed E-state index contributed by atoms with van der Waals surface area (Å²) in [4.78, 5) is 23.9. The normalized spacial score (nSPS) is 17.2. The quantitative estimate of drug-likeness (QED) is 0.794. The third-order valence-corrected chi connectivity index (χ3v) is 4.01. The van der Waals surface area contributed by atoms with Gasteiger partial charge in [-0.05, 0) is 6.07 Å². The largest absolute Gasteiger partial charge is 0.378 e.